The summed E-state index contributed by atoms with van der Waals surface area (Å²) in [7, 11) is 0. The van der Waals surface area contributed by atoms with E-state index in [4.69, 9.17) is 5.73 Å². The Labute approximate surface area is 304 Å². The summed E-state index contributed by atoms with van der Waals surface area (Å²) in [6.45, 7) is 8.08. The SMILES string of the molecule is CC(=O)Nc1ccc(-c2nc(SCC3=NC(CCC(=O)N4CCN(CC5CCNCC5)CC4)=CCC3=O)nc(N)c2C#N)cc1.Cl.Cl.Cl. The Morgan fingerprint density at radius 1 is 1.08 bits per heavy atom. The molecule has 3 aliphatic rings. The summed E-state index contributed by atoms with van der Waals surface area (Å²) >= 11 is 1.22. The fourth-order valence-corrected chi connectivity index (χ4v) is 6.58. The number of hydrogen-bond acceptors (Lipinski definition) is 11. The van der Waals surface area contributed by atoms with Crippen LogP contribution in [0.3, 0.4) is 0 Å². The molecule has 4 heterocycles. The number of benzene rings is 1. The van der Waals surface area contributed by atoms with Crippen molar-refractivity contribution in [2.75, 3.05) is 62.6 Å². The van der Waals surface area contributed by atoms with E-state index in [0.29, 0.717) is 40.7 Å². The van der Waals surface area contributed by atoms with Crippen molar-refractivity contribution >= 4 is 83.8 Å². The Bertz CT molecular complexity index is 1540. The van der Waals surface area contributed by atoms with Gasteiger partial charge in [0.15, 0.2) is 10.9 Å². The number of rotatable bonds is 10. The third kappa shape index (κ3) is 11.1. The first-order valence-corrected chi connectivity index (χ1v) is 16.4. The number of anilines is 2. The largest absolute Gasteiger partial charge is 0.382 e. The molecular formula is C32H42Cl3N9O3S. The number of piperidine rings is 1. The van der Waals surface area contributed by atoms with Gasteiger partial charge in [0, 0.05) is 75.2 Å². The number of aliphatic imine (C=N–C) groups is 1. The van der Waals surface area contributed by atoms with Gasteiger partial charge in [-0.05, 0) is 50.4 Å². The lowest BCUT2D eigenvalue weighted by atomic mass is 9.97. The quantitative estimate of drug-likeness (QED) is 0.238. The van der Waals surface area contributed by atoms with Crippen molar-refractivity contribution in [1.82, 2.24) is 25.1 Å². The molecule has 0 atom stereocenters. The summed E-state index contributed by atoms with van der Waals surface area (Å²) in [5, 5.41) is 16.1. The third-order valence-corrected chi connectivity index (χ3v) is 9.12. The number of carbonyl (C=O) groups excluding carboxylic acids is 3. The van der Waals surface area contributed by atoms with Gasteiger partial charge in [-0.15, -0.1) is 37.2 Å². The molecule has 2 saturated heterocycles. The average molecular weight is 739 g/mol. The summed E-state index contributed by atoms with van der Waals surface area (Å²) < 4.78 is 0. The number of nitriles is 1. The van der Waals surface area contributed by atoms with Crippen LogP contribution in [0, 0.1) is 17.2 Å². The van der Waals surface area contributed by atoms with Crippen LogP contribution in [0.1, 0.15) is 44.6 Å². The van der Waals surface area contributed by atoms with Crippen LogP contribution in [0.4, 0.5) is 11.5 Å². The molecule has 48 heavy (non-hydrogen) atoms. The number of nitrogens with zero attached hydrogens (tertiary/aromatic N) is 6. The number of amides is 2. The lowest BCUT2D eigenvalue weighted by Gasteiger charge is -2.37. The van der Waals surface area contributed by atoms with Gasteiger partial charge in [0.25, 0.3) is 0 Å². The van der Waals surface area contributed by atoms with Crippen molar-refractivity contribution in [1.29, 1.82) is 5.26 Å². The van der Waals surface area contributed by atoms with Crippen LogP contribution in [0.2, 0.25) is 0 Å². The van der Waals surface area contributed by atoms with E-state index in [1.807, 2.05) is 4.90 Å². The van der Waals surface area contributed by atoms with Gasteiger partial charge in [0.1, 0.15) is 17.5 Å². The zero-order valence-corrected chi connectivity index (χ0v) is 30.0. The molecule has 0 unspecified atom stereocenters. The first-order chi connectivity index (χ1) is 21.8. The lowest BCUT2D eigenvalue weighted by molar-refractivity contribution is -0.133. The zero-order valence-electron chi connectivity index (χ0n) is 26.8. The van der Waals surface area contributed by atoms with E-state index in [9.17, 15) is 19.6 Å². The predicted molar refractivity (Wildman–Crippen MR) is 196 cm³/mol. The van der Waals surface area contributed by atoms with E-state index in [-0.39, 0.29) is 78.4 Å². The number of ketones is 1. The molecule has 2 amide bonds. The highest BCUT2D eigenvalue weighted by molar-refractivity contribution is 7.99. The van der Waals surface area contributed by atoms with Crippen LogP contribution in [0.15, 0.2) is 46.2 Å². The zero-order chi connectivity index (χ0) is 31.8. The number of nitrogens with two attached hydrogens (primary N) is 1. The second-order valence-electron chi connectivity index (χ2n) is 11.5. The maximum Gasteiger partial charge on any atom is 0.223 e. The second kappa shape index (κ2) is 19.7. The van der Waals surface area contributed by atoms with E-state index in [2.05, 4.69) is 36.6 Å². The van der Waals surface area contributed by atoms with Crippen molar-refractivity contribution in [3.05, 3.63) is 41.6 Å². The van der Waals surface area contributed by atoms with Crippen LogP contribution in [-0.2, 0) is 14.4 Å². The fourth-order valence-electron chi connectivity index (χ4n) is 5.77. The number of allylic oxidation sites excluding steroid dienone is 2. The highest BCUT2D eigenvalue weighted by Crippen LogP contribution is 2.29. The van der Waals surface area contributed by atoms with Gasteiger partial charge in [-0.25, -0.2) is 9.97 Å². The van der Waals surface area contributed by atoms with Gasteiger partial charge in [-0.1, -0.05) is 30.0 Å². The summed E-state index contributed by atoms with van der Waals surface area (Å²) in [6, 6.07) is 8.98. The summed E-state index contributed by atoms with van der Waals surface area (Å²) in [4.78, 5) is 54.9. The monoisotopic (exact) mass is 737 g/mol. The molecule has 260 valence electrons. The van der Waals surface area contributed by atoms with Crippen LogP contribution in [0.25, 0.3) is 11.3 Å². The molecule has 0 saturated carbocycles. The minimum absolute atomic E-state index is 0. The van der Waals surface area contributed by atoms with Gasteiger partial charge in [-0.2, -0.15) is 5.26 Å². The molecule has 0 radical (unpaired) electrons. The molecule has 12 nitrogen and oxygen atoms in total. The first-order valence-electron chi connectivity index (χ1n) is 15.4. The Morgan fingerprint density at radius 3 is 2.42 bits per heavy atom. The van der Waals surface area contributed by atoms with Gasteiger partial charge in [-0.3, -0.25) is 24.3 Å². The van der Waals surface area contributed by atoms with Crippen LogP contribution >= 0.6 is 49.0 Å². The molecule has 2 fully saturated rings. The summed E-state index contributed by atoms with van der Waals surface area (Å²) in [5.74, 6) is 0.871. The molecule has 5 rings (SSSR count). The number of thioether (sulfide) groups is 1. The van der Waals surface area contributed by atoms with Gasteiger partial charge in [0.05, 0.1) is 11.4 Å². The summed E-state index contributed by atoms with van der Waals surface area (Å²) in [5.41, 5.74) is 9.01. The minimum Gasteiger partial charge on any atom is -0.382 e. The number of Topliss-reactive ketones (excluding diaryl/α,β-unsaturated/α-hetero) is 1. The normalized spacial score (nSPS) is 16.7. The highest BCUT2D eigenvalue weighted by Gasteiger charge is 2.25. The van der Waals surface area contributed by atoms with Crippen LogP contribution in [0.5, 0.6) is 0 Å². The number of halogens is 3. The van der Waals surface area contributed by atoms with Crippen LogP contribution in [-0.4, -0.2) is 94.6 Å². The Kier molecular flexibility index (Phi) is 16.8. The van der Waals surface area contributed by atoms with Crippen molar-refractivity contribution in [2.45, 2.75) is 44.2 Å². The maximum atomic E-state index is 13.0. The number of piperazine rings is 1. The average Bonchev–Trinajstić information content (AvgIpc) is 3.04. The smallest absolute Gasteiger partial charge is 0.223 e. The second-order valence-corrected chi connectivity index (χ2v) is 12.5. The van der Waals surface area contributed by atoms with E-state index in [1.165, 1.54) is 31.5 Å². The molecule has 4 N–H and O–H groups in total. The molecule has 16 heteroatoms. The number of nitrogens with one attached hydrogen (secondary N) is 2. The van der Waals surface area contributed by atoms with Gasteiger partial charge < -0.3 is 21.3 Å². The summed E-state index contributed by atoms with van der Waals surface area (Å²) in [6.07, 6.45) is 5.33. The molecule has 2 aromatic rings. The Morgan fingerprint density at radius 2 is 1.77 bits per heavy atom. The van der Waals surface area contributed by atoms with E-state index < -0.39 is 0 Å². The highest BCUT2D eigenvalue weighted by atomic mass is 35.5. The lowest BCUT2D eigenvalue weighted by Crippen LogP contribution is -2.50. The van der Waals surface area contributed by atoms with Gasteiger partial charge in [0.2, 0.25) is 11.8 Å². The maximum absolute atomic E-state index is 13.0. The number of nitrogen functional groups attached to an aromatic ring is 1. The molecule has 1 aromatic heterocycles. The van der Waals surface area contributed by atoms with E-state index in [0.717, 1.165) is 57.4 Å². The predicted octanol–water partition coefficient (Wildman–Crippen LogP) is 4.14. The van der Waals surface area contributed by atoms with Crippen molar-refractivity contribution in [3.63, 3.8) is 0 Å². The van der Waals surface area contributed by atoms with Crippen molar-refractivity contribution in [2.24, 2.45) is 10.9 Å². The molecule has 0 bridgehead atoms. The Hall–Kier alpha value is -3.25. The van der Waals surface area contributed by atoms with Crippen LogP contribution < -0.4 is 16.4 Å². The molecule has 0 aliphatic carbocycles. The molecule has 3 aliphatic heterocycles. The molecule has 1 aromatic carbocycles. The standard InChI is InChI=1S/C32H39N9O3S.3ClH/c1-21(42)36-24-4-2-23(3-5-24)30-26(18-33)31(34)39-32(38-30)45-20-27-28(43)8-6-25(37-27)7-9-29(44)41-16-14-40(15-17-41)19-22-10-12-35-13-11-22;;;/h2-6,22,35H,7-17,19-20H2,1H3,(H,36,42)(H2,34,38,39);3*1H. The number of aromatic nitrogens is 2. The third-order valence-electron chi connectivity index (χ3n) is 8.26. The van der Waals surface area contributed by atoms with Gasteiger partial charge >= 0.3 is 0 Å². The number of carbonyl (C=O) groups is 3. The Balaban J connectivity index is 0.00000267. The molecule has 0 spiro atoms. The van der Waals surface area contributed by atoms with E-state index in [1.54, 1.807) is 30.3 Å². The topological polar surface area (TPSA) is 170 Å². The number of hydrogen-bond donors (Lipinski definition) is 3. The first kappa shape index (κ1) is 40.9. The van der Waals surface area contributed by atoms with Crippen molar-refractivity contribution in [3.8, 4) is 17.3 Å². The fraction of sp³-hybridized carbons (Fsp3) is 0.469. The minimum atomic E-state index is -0.188. The van der Waals surface area contributed by atoms with E-state index >= 15 is 0 Å². The van der Waals surface area contributed by atoms with Crippen molar-refractivity contribution < 1.29 is 14.4 Å². The molecular weight excluding hydrogens is 697 g/mol.